The van der Waals surface area contributed by atoms with Crippen molar-refractivity contribution in [3.63, 3.8) is 0 Å². The Morgan fingerprint density at radius 3 is 2.61 bits per heavy atom. The highest BCUT2D eigenvalue weighted by Gasteiger charge is 2.30. The zero-order valence-corrected chi connectivity index (χ0v) is 14.5. The number of nitrogens with one attached hydrogen (secondary N) is 3. The Bertz CT molecular complexity index is 638. The molecule has 1 atom stereocenters. The second-order valence-corrected chi connectivity index (χ2v) is 6.29. The van der Waals surface area contributed by atoms with E-state index in [0.717, 1.165) is 12.8 Å². The summed E-state index contributed by atoms with van der Waals surface area (Å²) >= 11 is 16.7. The van der Waals surface area contributed by atoms with Crippen molar-refractivity contribution in [1.82, 2.24) is 16.2 Å². The van der Waals surface area contributed by atoms with Gasteiger partial charge in [0, 0.05) is 10.9 Å². The number of amides is 2. The van der Waals surface area contributed by atoms with Crippen LogP contribution in [0.4, 0.5) is 0 Å². The highest BCUT2D eigenvalue weighted by Crippen LogP contribution is 2.29. The number of halogens is 2. The number of thiocarbonyl (C=S) groups is 1. The van der Waals surface area contributed by atoms with Gasteiger partial charge in [-0.05, 0) is 50.2 Å². The first-order valence-corrected chi connectivity index (χ1v) is 8.05. The molecular formula is C14H15Cl2N3O3S. The van der Waals surface area contributed by atoms with Gasteiger partial charge in [0.25, 0.3) is 5.91 Å². The minimum absolute atomic E-state index is 0.0276. The molecule has 1 aliphatic rings. The van der Waals surface area contributed by atoms with Crippen molar-refractivity contribution in [1.29, 1.82) is 0 Å². The lowest BCUT2D eigenvalue weighted by atomic mass is 10.3. The normalized spacial score (nSPS) is 14.6. The van der Waals surface area contributed by atoms with E-state index in [0.29, 0.717) is 15.8 Å². The Morgan fingerprint density at radius 1 is 1.30 bits per heavy atom. The molecule has 0 saturated heterocycles. The molecule has 0 aliphatic heterocycles. The number of ether oxygens (including phenoxy) is 1. The molecule has 2 rings (SSSR count). The summed E-state index contributed by atoms with van der Waals surface area (Å²) < 4.78 is 5.45. The Kier molecular flexibility index (Phi) is 6.04. The number of rotatable bonds is 4. The largest absolute Gasteiger partial charge is 0.479 e. The molecule has 6 nitrogen and oxygen atoms in total. The van der Waals surface area contributed by atoms with Crippen molar-refractivity contribution in [2.24, 2.45) is 5.92 Å². The van der Waals surface area contributed by atoms with E-state index in [1.165, 1.54) is 6.07 Å². The minimum atomic E-state index is -0.830. The van der Waals surface area contributed by atoms with Crippen LogP contribution in [0.2, 0.25) is 10.0 Å². The van der Waals surface area contributed by atoms with Gasteiger partial charge in [-0.15, -0.1) is 0 Å². The molecule has 9 heteroatoms. The van der Waals surface area contributed by atoms with E-state index in [-0.39, 0.29) is 16.9 Å². The third-order valence-electron chi connectivity index (χ3n) is 3.05. The predicted molar refractivity (Wildman–Crippen MR) is 91.3 cm³/mol. The van der Waals surface area contributed by atoms with Gasteiger partial charge in [-0.2, -0.15) is 0 Å². The summed E-state index contributed by atoms with van der Waals surface area (Å²) in [5.74, 6) is -0.254. The van der Waals surface area contributed by atoms with Crippen LogP contribution in [0.1, 0.15) is 19.8 Å². The standard InChI is InChI=1S/C14H15Cl2N3O3S/c1-7(22-11-5-4-9(15)6-10(11)16)12(20)18-19-14(23)17-13(21)8-2-3-8/h4-8H,2-3H2,1H3,(H,18,20)(H2,17,19,21,23). The Hall–Kier alpha value is -1.57. The lowest BCUT2D eigenvalue weighted by Gasteiger charge is -2.17. The zero-order valence-electron chi connectivity index (χ0n) is 12.2. The molecule has 1 aromatic carbocycles. The molecule has 1 unspecified atom stereocenters. The average molecular weight is 376 g/mol. The molecule has 0 radical (unpaired) electrons. The van der Waals surface area contributed by atoms with Gasteiger partial charge in [0.1, 0.15) is 5.75 Å². The zero-order chi connectivity index (χ0) is 17.0. The Morgan fingerprint density at radius 2 is 2.00 bits per heavy atom. The molecule has 1 aliphatic carbocycles. The van der Waals surface area contributed by atoms with Gasteiger partial charge >= 0.3 is 0 Å². The number of benzene rings is 1. The maximum atomic E-state index is 11.9. The molecule has 0 aromatic heterocycles. The fourth-order valence-electron chi connectivity index (χ4n) is 1.63. The van der Waals surface area contributed by atoms with Crippen molar-refractivity contribution in [2.45, 2.75) is 25.9 Å². The van der Waals surface area contributed by atoms with E-state index < -0.39 is 12.0 Å². The number of carbonyl (C=O) groups is 2. The van der Waals surface area contributed by atoms with Crippen molar-refractivity contribution < 1.29 is 14.3 Å². The van der Waals surface area contributed by atoms with Crippen molar-refractivity contribution >= 4 is 52.3 Å². The predicted octanol–water partition coefficient (Wildman–Crippen LogP) is 2.19. The number of hydrazine groups is 1. The third kappa shape index (κ3) is 5.53. The molecule has 1 aromatic rings. The van der Waals surface area contributed by atoms with Crippen LogP contribution in [0, 0.1) is 5.92 Å². The van der Waals surface area contributed by atoms with Gasteiger partial charge in [0.2, 0.25) is 5.91 Å². The van der Waals surface area contributed by atoms with Crippen LogP contribution >= 0.6 is 35.4 Å². The molecule has 0 heterocycles. The van der Waals surface area contributed by atoms with Crippen LogP contribution in [0.5, 0.6) is 5.75 Å². The summed E-state index contributed by atoms with van der Waals surface area (Å²) in [5.41, 5.74) is 4.81. The van der Waals surface area contributed by atoms with Crippen LogP contribution in [0.25, 0.3) is 0 Å². The van der Waals surface area contributed by atoms with Crippen LogP contribution < -0.4 is 20.9 Å². The second kappa shape index (κ2) is 7.81. The Balaban J connectivity index is 1.77. The first-order valence-electron chi connectivity index (χ1n) is 6.89. The van der Waals surface area contributed by atoms with Crippen LogP contribution in [-0.2, 0) is 9.59 Å². The highest BCUT2D eigenvalue weighted by atomic mass is 35.5. The molecule has 0 spiro atoms. The molecule has 1 saturated carbocycles. The molecule has 23 heavy (non-hydrogen) atoms. The van der Waals surface area contributed by atoms with E-state index in [4.69, 9.17) is 40.2 Å². The van der Waals surface area contributed by atoms with E-state index in [1.807, 2.05) is 0 Å². The van der Waals surface area contributed by atoms with E-state index in [2.05, 4.69) is 16.2 Å². The molecule has 2 amide bonds. The SMILES string of the molecule is CC(Oc1ccc(Cl)cc1Cl)C(=O)NNC(=S)NC(=O)C1CC1. The third-order valence-corrected chi connectivity index (χ3v) is 3.79. The molecular weight excluding hydrogens is 361 g/mol. The van der Waals surface area contributed by atoms with E-state index >= 15 is 0 Å². The summed E-state index contributed by atoms with van der Waals surface area (Å²) in [7, 11) is 0. The maximum absolute atomic E-state index is 11.9. The quantitative estimate of drug-likeness (QED) is 0.555. The summed E-state index contributed by atoms with van der Waals surface area (Å²) in [6.07, 6.45) is 0.907. The van der Waals surface area contributed by atoms with Gasteiger partial charge in [-0.25, -0.2) is 0 Å². The fraction of sp³-hybridized carbons (Fsp3) is 0.357. The van der Waals surface area contributed by atoms with E-state index in [9.17, 15) is 9.59 Å². The topological polar surface area (TPSA) is 79.5 Å². The lowest BCUT2D eigenvalue weighted by Crippen LogP contribution is -2.51. The molecule has 1 fully saturated rings. The van der Waals surface area contributed by atoms with Gasteiger partial charge < -0.3 is 10.1 Å². The molecule has 124 valence electrons. The summed E-state index contributed by atoms with van der Waals surface area (Å²) in [6.45, 7) is 1.55. The van der Waals surface area contributed by atoms with Gasteiger partial charge in [-0.3, -0.25) is 20.4 Å². The van der Waals surface area contributed by atoms with Crippen molar-refractivity contribution in [3.8, 4) is 5.75 Å². The van der Waals surface area contributed by atoms with Crippen LogP contribution in [0.15, 0.2) is 18.2 Å². The maximum Gasteiger partial charge on any atom is 0.279 e. The fourth-order valence-corrected chi connectivity index (χ4v) is 2.23. The van der Waals surface area contributed by atoms with Crippen LogP contribution in [-0.4, -0.2) is 23.0 Å². The van der Waals surface area contributed by atoms with Gasteiger partial charge in [-0.1, -0.05) is 23.2 Å². The van der Waals surface area contributed by atoms with Gasteiger partial charge in [0.15, 0.2) is 11.2 Å². The number of hydrogen-bond donors (Lipinski definition) is 3. The van der Waals surface area contributed by atoms with Crippen LogP contribution in [0.3, 0.4) is 0 Å². The van der Waals surface area contributed by atoms with Gasteiger partial charge in [0.05, 0.1) is 5.02 Å². The Labute approximate surface area is 148 Å². The van der Waals surface area contributed by atoms with E-state index in [1.54, 1.807) is 19.1 Å². The summed E-state index contributed by atoms with van der Waals surface area (Å²) in [5, 5.41) is 3.30. The molecule has 3 N–H and O–H groups in total. The average Bonchev–Trinajstić information content (AvgIpc) is 3.32. The first-order chi connectivity index (χ1) is 10.9. The summed E-state index contributed by atoms with van der Waals surface area (Å²) in [6, 6.07) is 4.69. The number of carbonyl (C=O) groups excluding carboxylic acids is 2. The lowest BCUT2D eigenvalue weighted by molar-refractivity contribution is -0.128. The van der Waals surface area contributed by atoms with Crippen molar-refractivity contribution in [3.05, 3.63) is 28.2 Å². The van der Waals surface area contributed by atoms with Crippen molar-refractivity contribution in [2.75, 3.05) is 0 Å². The summed E-state index contributed by atoms with van der Waals surface area (Å²) in [4.78, 5) is 23.4. The number of hydrogen-bond acceptors (Lipinski definition) is 4. The monoisotopic (exact) mass is 375 g/mol. The molecule has 0 bridgehead atoms. The smallest absolute Gasteiger partial charge is 0.279 e. The second-order valence-electron chi connectivity index (χ2n) is 5.04. The minimum Gasteiger partial charge on any atom is -0.479 e. The first kappa shape index (κ1) is 17.8. The highest BCUT2D eigenvalue weighted by molar-refractivity contribution is 7.80.